The summed E-state index contributed by atoms with van der Waals surface area (Å²) in [4.78, 5) is 0. The molecule has 0 saturated heterocycles. The van der Waals surface area contributed by atoms with Crippen LogP contribution in [0.25, 0.3) is 0 Å². The number of rotatable bonds is 1. The third-order valence-corrected chi connectivity index (χ3v) is 4.89. The van der Waals surface area contributed by atoms with Gasteiger partial charge in [0.05, 0.1) is 4.47 Å². The zero-order valence-corrected chi connectivity index (χ0v) is 12.8. The van der Waals surface area contributed by atoms with Gasteiger partial charge in [-0.05, 0) is 51.9 Å². The molecule has 0 amide bonds. The molecule has 104 valence electrons. The Morgan fingerprint density at radius 2 is 1.85 bits per heavy atom. The average molecular weight is 335 g/mol. The quantitative estimate of drug-likeness (QED) is 0.799. The number of fused-ring (bicyclic) bond motifs is 1. The Morgan fingerprint density at radius 3 is 2.65 bits per heavy atom. The minimum atomic E-state index is -1.24. The fourth-order valence-corrected chi connectivity index (χ4v) is 3.49. The van der Waals surface area contributed by atoms with Crippen LogP contribution in [-0.4, -0.2) is 5.11 Å². The van der Waals surface area contributed by atoms with Gasteiger partial charge in [-0.1, -0.05) is 43.3 Å². The molecule has 0 fully saturated rings. The van der Waals surface area contributed by atoms with Gasteiger partial charge in [0, 0.05) is 5.56 Å². The second kappa shape index (κ2) is 4.97. The highest BCUT2D eigenvalue weighted by atomic mass is 79.9. The Bertz CT molecular complexity index is 655. The lowest BCUT2D eigenvalue weighted by Crippen LogP contribution is -2.34. The van der Waals surface area contributed by atoms with E-state index in [2.05, 4.69) is 22.9 Å². The average Bonchev–Trinajstić information content (AvgIpc) is 2.46. The molecule has 2 aromatic carbocycles. The van der Waals surface area contributed by atoms with Crippen LogP contribution in [-0.2, 0) is 5.60 Å². The summed E-state index contributed by atoms with van der Waals surface area (Å²) >= 11 is 3.20. The fourth-order valence-electron chi connectivity index (χ4n) is 3.12. The van der Waals surface area contributed by atoms with Gasteiger partial charge in [-0.3, -0.25) is 0 Å². The molecule has 2 unspecified atom stereocenters. The number of hydrogen-bond donors (Lipinski definition) is 1. The first-order valence-electron chi connectivity index (χ1n) is 6.80. The summed E-state index contributed by atoms with van der Waals surface area (Å²) in [5.41, 5.74) is 1.05. The van der Waals surface area contributed by atoms with Crippen LogP contribution < -0.4 is 0 Å². The monoisotopic (exact) mass is 334 g/mol. The molecule has 0 spiro atoms. The summed E-state index contributed by atoms with van der Waals surface area (Å²) in [7, 11) is 0. The van der Waals surface area contributed by atoms with Crippen LogP contribution >= 0.6 is 15.9 Å². The molecule has 3 rings (SSSR count). The molecule has 3 heteroatoms. The molecule has 0 aliphatic heterocycles. The molecular formula is C17H16BrFO. The highest BCUT2D eigenvalue weighted by Gasteiger charge is 2.40. The molecule has 0 bridgehead atoms. The smallest absolute Gasteiger partial charge is 0.143 e. The maximum absolute atomic E-state index is 14.4. The standard InChI is InChI=1S/C17H16BrFO/c1-11-9-10-17(20,13-6-3-2-5-12(11)13)14-7-4-8-15(18)16(14)19/h2-8,11,20H,9-10H2,1H3. The van der Waals surface area contributed by atoms with Crippen molar-refractivity contribution in [3.05, 3.63) is 69.4 Å². The third kappa shape index (κ3) is 2.00. The van der Waals surface area contributed by atoms with E-state index in [9.17, 15) is 9.50 Å². The van der Waals surface area contributed by atoms with Crippen LogP contribution in [0.3, 0.4) is 0 Å². The molecular weight excluding hydrogens is 319 g/mol. The van der Waals surface area contributed by atoms with Gasteiger partial charge in [0.2, 0.25) is 0 Å². The van der Waals surface area contributed by atoms with Crippen molar-refractivity contribution in [2.45, 2.75) is 31.3 Å². The van der Waals surface area contributed by atoms with Crippen LogP contribution in [0.1, 0.15) is 42.4 Å². The highest BCUT2D eigenvalue weighted by molar-refractivity contribution is 9.10. The Hall–Kier alpha value is -1.19. The van der Waals surface area contributed by atoms with Crippen LogP contribution in [0.5, 0.6) is 0 Å². The number of hydrogen-bond acceptors (Lipinski definition) is 1. The molecule has 0 aromatic heterocycles. The first-order chi connectivity index (χ1) is 9.54. The zero-order valence-electron chi connectivity index (χ0n) is 11.2. The van der Waals surface area contributed by atoms with Crippen molar-refractivity contribution in [3.8, 4) is 0 Å². The zero-order chi connectivity index (χ0) is 14.3. The molecule has 2 aromatic rings. The second-order valence-corrected chi connectivity index (χ2v) is 6.34. The first-order valence-corrected chi connectivity index (χ1v) is 7.59. The molecule has 1 nitrogen and oxygen atoms in total. The van der Waals surface area contributed by atoms with Gasteiger partial charge >= 0.3 is 0 Å². The van der Waals surface area contributed by atoms with Crippen LogP contribution in [0, 0.1) is 5.82 Å². The molecule has 0 heterocycles. The largest absolute Gasteiger partial charge is 0.380 e. The molecule has 1 aliphatic carbocycles. The first kappa shape index (κ1) is 13.8. The predicted molar refractivity (Wildman–Crippen MR) is 81.2 cm³/mol. The Balaban J connectivity index is 2.23. The van der Waals surface area contributed by atoms with E-state index in [1.165, 1.54) is 0 Å². The molecule has 0 saturated carbocycles. The fraction of sp³-hybridized carbons (Fsp3) is 0.294. The normalized spacial score (nSPS) is 25.3. The van der Waals surface area contributed by atoms with E-state index >= 15 is 0 Å². The van der Waals surface area contributed by atoms with Crippen molar-refractivity contribution in [2.75, 3.05) is 0 Å². The molecule has 20 heavy (non-hydrogen) atoms. The van der Waals surface area contributed by atoms with Crippen molar-refractivity contribution in [1.29, 1.82) is 0 Å². The number of benzene rings is 2. The van der Waals surface area contributed by atoms with E-state index in [0.717, 1.165) is 17.5 Å². The minimum Gasteiger partial charge on any atom is -0.380 e. The van der Waals surface area contributed by atoms with Crippen molar-refractivity contribution in [2.24, 2.45) is 0 Å². The van der Waals surface area contributed by atoms with E-state index in [1.807, 2.05) is 24.3 Å². The van der Waals surface area contributed by atoms with E-state index in [-0.39, 0.29) is 5.82 Å². The Kier molecular flexibility index (Phi) is 3.43. The predicted octanol–water partition coefficient (Wildman–Crippen LogP) is 4.72. The summed E-state index contributed by atoms with van der Waals surface area (Å²) in [6, 6.07) is 12.9. The maximum Gasteiger partial charge on any atom is 0.143 e. The number of aliphatic hydroxyl groups is 1. The lowest BCUT2D eigenvalue weighted by Gasteiger charge is -2.38. The molecule has 0 radical (unpaired) electrons. The van der Waals surface area contributed by atoms with Gasteiger partial charge in [-0.15, -0.1) is 0 Å². The van der Waals surface area contributed by atoms with Crippen LogP contribution in [0.2, 0.25) is 0 Å². The SMILES string of the molecule is CC1CCC(O)(c2cccc(Br)c2F)c2ccccc21. The number of halogens is 2. The van der Waals surface area contributed by atoms with E-state index < -0.39 is 5.60 Å². The van der Waals surface area contributed by atoms with Crippen molar-refractivity contribution < 1.29 is 9.50 Å². The molecule has 1 aliphatic rings. The van der Waals surface area contributed by atoms with Gasteiger partial charge in [-0.25, -0.2) is 4.39 Å². The maximum atomic E-state index is 14.4. The van der Waals surface area contributed by atoms with Crippen molar-refractivity contribution >= 4 is 15.9 Å². The Labute approximate surface area is 126 Å². The van der Waals surface area contributed by atoms with Gasteiger partial charge in [0.1, 0.15) is 11.4 Å². The lowest BCUT2D eigenvalue weighted by molar-refractivity contribution is 0.0542. The van der Waals surface area contributed by atoms with E-state index in [4.69, 9.17) is 0 Å². The van der Waals surface area contributed by atoms with Crippen molar-refractivity contribution in [3.63, 3.8) is 0 Å². The summed E-state index contributed by atoms with van der Waals surface area (Å²) < 4.78 is 14.8. The minimum absolute atomic E-state index is 0.353. The van der Waals surface area contributed by atoms with Crippen LogP contribution in [0.4, 0.5) is 4.39 Å². The van der Waals surface area contributed by atoms with Gasteiger partial charge < -0.3 is 5.11 Å². The summed E-state index contributed by atoms with van der Waals surface area (Å²) in [6.07, 6.45) is 1.39. The van der Waals surface area contributed by atoms with Gasteiger partial charge in [0.15, 0.2) is 0 Å². The summed E-state index contributed by atoms with van der Waals surface area (Å²) in [5, 5.41) is 11.2. The summed E-state index contributed by atoms with van der Waals surface area (Å²) in [6.45, 7) is 2.15. The molecule has 1 N–H and O–H groups in total. The lowest BCUT2D eigenvalue weighted by atomic mass is 9.71. The van der Waals surface area contributed by atoms with Gasteiger partial charge in [-0.2, -0.15) is 0 Å². The Morgan fingerprint density at radius 1 is 1.15 bits per heavy atom. The highest BCUT2D eigenvalue weighted by Crippen LogP contribution is 2.46. The van der Waals surface area contributed by atoms with Crippen LogP contribution in [0.15, 0.2) is 46.9 Å². The topological polar surface area (TPSA) is 20.2 Å². The summed E-state index contributed by atoms with van der Waals surface area (Å²) in [5.74, 6) is 0.0149. The second-order valence-electron chi connectivity index (χ2n) is 5.49. The van der Waals surface area contributed by atoms with E-state index in [1.54, 1.807) is 18.2 Å². The van der Waals surface area contributed by atoms with E-state index in [0.29, 0.717) is 22.4 Å². The third-order valence-electron chi connectivity index (χ3n) is 4.27. The van der Waals surface area contributed by atoms with Gasteiger partial charge in [0.25, 0.3) is 0 Å². The molecule has 2 atom stereocenters. The van der Waals surface area contributed by atoms with Crippen molar-refractivity contribution in [1.82, 2.24) is 0 Å².